The monoisotopic (exact) mass is 535 g/mol. The van der Waals surface area contributed by atoms with Gasteiger partial charge in [0.2, 0.25) is 10.0 Å². The van der Waals surface area contributed by atoms with E-state index in [0.29, 0.717) is 18.5 Å². The van der Waals surface area contributed by atoms with Crippen LogP contribution in [0, 0.1) is 11.2 Å². The Balaban J connectivity index is 1.54. The number of nitrogens with one attached hydrogen (secondary N) is 3. The summed E-state index contributed by atoms with van der Waals surface area (Å²) in [5, 5.41) is 18.1. The van der Waals surface area contributed by atoms with Crippen molar-refractivity contribution < 1.29 is 27.1 Å². The fourth-order valence-electron chi connectivity index (χ4n) is 4.41. The van der Waals surface area contributed by atoms with Crippen LogP contribution in [-0.2, 0) is 31.7 Å². The zero-order valence-corrected chi connectivity index (χ0v) is 20.5. The number of hydrogen-bond donors (Lipinski definition) is 4. The van der Waals surface area contributed by atoms with Gasteiger partial charge in [0, 0.05) is 25.5 Å². The van der Waals surface area contributed by atoms with Crippen LogP contribution >= 0.6 is 11.6 Å². The van der Waals surface area contributed by atoms with Crippen molar-refractivity contribution in [3.05, 3.63) is 70.1 Å². The molecule has 0 unspecified atom stereocenters. The third kappa shape index (κ3) is 5.06. The first-order valence-electron chi connectivity index (χ1n) is 10.9. The van der Waals surface area contributed by atoms with Gasteiger partial charge >= 0.3 is 6.09 Å². The molecule has 2 aromatic carbocycles. The minimum absolute atomic E-state index is 0.00158. The van der Waals surface area contributed by atoms with Crippen LogP contribution in [0.1, 0.15) is 24.0 Å². The molecule has 2 aliphatic rings. The van der Waals surface area contributed by atoms with Crippen LogP contribution in [0.4, 0.5) is 14.9 Å². The van der Waals surface area contributed by atoms with E-state index in [-0.39, 0.29) is 46.3 Å². The molecule has 0 aromatic heterocycles. The summed E-state index contributed by atoms with van der Waals surface area (Å²) in [6, 6.07) is 8.81. The maximum absolute atomic E-state index is 15.1. The lowest BCUT2D eigenvalue weighted by Crippen LogP contribution is -2.54. The maximum Gasteiger partial charge on any atom is 0.412 e. The number of anilines is 1. The number of amides is 2. The van der Waals surface area contributed by atoms with Crippen LogP contribution in [0.3, 0.4) is 0 Å². The van der Waals surface area contributed by atoms with Gasteiger partial charge < -0.3 is 20.4 Å². The number of rotatable bonds is 6. The number of piperidine rings is 1. The van der Waals surface area contributed by atoms with E-state index >= 15 is 4.39 Å². The number of carbonyl (C=O) groups is 2. The standard InChI is InChI=1S/C23H23ClFN5O5S/c24-17-5-6-18-19(20(17)25)23(35-22(32)29-18)7-2-8-30(13-23)21(31)15(10-26)12-28-11-14-3-1-4-16(9-14)36(27,33)34/h1,3-6,9-10,12,26,28H,2,7-8,11,13H2,(H,29,32)(H2,27,33,34)/b15-12+,26-10?/t23-/m0/s1. The second-order valence-electron chi connectivity index (χ2n) is 8.44. The van der Waals surface area contributed by atoms with Crippen LogP contribution < -0.4 is 15.8 Å². The van der Waals surface area contributed by atoms with Gasteiger partial charge in [0.1, 0.15) is 0 Å². The highest BCUT2D eigenvalue weighted by atomic mass is 35.5. The van der Waals surface area contributed by atoms with Crippen LogP contribution in [0.15, 0.2) is 53.1 Å². The van der Waals surface area contributed by atoms with Gasteiger partial charge in [-0.2, -0.15) is 0 Å². The van der Waals surface area contributed by atoms with Crippen molar-refractivity contribution in [3.8, 4) is 0 Å². The number of likely N-dealkylation sites (tertiary alicyclic amines) is 1. The van der Waals surface area contributed by atoms with E-state index in [1.54, 1.807) is 12.1 Å². The van der Waals surface area contributed by atoms with E-state index in [2.05, 4.69) is 10.6 Å². The number of nitrogens with two attached hydrogens (primary N) is 1. The molecule has 2 aromatic rings. The first-order chi connectivity index (χ1) is 17.0. The lowest BCUT2D eigenvalue weighted by Gasteiger charge is -2.45. The van der Waals surface area contributed by atoms with Gasteiger partial charge in [-0.1, -0.05) is 23.7 Å². The van der Waals surface area contributed by atoms with Gasteiger partial charge in [-0.25, -0.2) is 22.7 Å². The summed E-state index contributed by atoms with van der Waals surface area (Å²) in [4.78, 5) is 26.8. The molecule has 1 saturated heterocycles. The number of ether oxygens (including phenoxy) is 1. The third-order valence-electron chi connectivity index (χ3n) is 6.01. The summed E-state index contributed by atoms with van der Waals surface area (Å²) in [6.45, 7) is 0.355. The minimum Gasteiger partial charge on any atom is -0.436 e. The first kappa shape index (κ1) is 25.6. The van der Waals surface area contributed by atoms with Crippen LogP contribution in [-0.4, -0.2) is 44.6 Å². The molecule has 1 atom stereocenters. The van der Waals surface area contributed by atoms with E-state index in [9.17, 15) is 18.0 Å². The van der Waals surface area contributed by atoms with E-state index in [0.717, 1.165) is 6.21 Å². The SMILES string of the molecule is N=C/C(=C\NCc1cccc(S(N)(=O)=O)c1)C(=O)N1CCC[C@@]2(C1)OC(=O)Nc1ccc(Cl)c(F)c12. The molecule has 0 bridgehead atoms. The number of benzene rings is 2. The highest BCUT2D eigenvalue weighted by Crippen LogP contribution is 2.45. The van der Waals surface area contributed by atoms with Gasteiger partial charge in [-0.15, -0.1) is 0 Å². The van der Waals surface area contributed by atoms with Gasteiger partial charge in [-0.05, 0) is 42.7 Å². The molecule has 0 saturated carbocycles. The molecule has 5 N–H and O–H groups in total. The molecule has 1 fully saturated rings. The third-order valence-corrected chi connectivity index (χ3v) is 7.21. The lowest BCUT2D eigenvalue weighted by atomic mass is 9.83. The smallest absolute Gasteiger partial charge is 0.412 e. The van der Waals surface area contributed by atoms with Crippen molar-refractivity contribution in [2.75, 3.05) is 18.4 Å². The summed E-state index contributed by atoms with van der Waals surface area (Å²) in [6.07, 6.45) is 2.15. The number of halogens is 2. The van der Waals surface area contributed by atoms with Crippen molar-refractivity contribution in [2.45, 2.75) is 29.9 Å². The Morgan fingerprint density at radius 2 is 2.14 bits per heavy atom. The summed E-state index contributed by atoms with van der Waals surface area (Å²) in [5.74, 6) is -1.25. The summed E-state index contributed by atoms with van der Waals surface area (Å²) in [5.41, 5.74) is -0.511. The van der Waals surface area contributed by atoms with E-state index in [1.165, 1.54) is 35.4 Å². The van der Waals surface area contributed by atoms with E-state index in [4.69, 9.17) is 26.9 Å². The van der Waals surface area contributed by atoms with Gasteiger partial charge in [0.05, 0.1) is 33.3 Å². The van der Waals surface area contributed by atoms with Crippen LogP contribution in [0.25, 0.3) is 0 Å². The van der Waals surface area contributed by atoms with Crippen molar-refractivity contribution in [3.63, 3.8) is 0 Å². The molecule has 2 heterocycles. The Labute approximate surface area is 211 Å². The molecule has 190 valence electrons. The second kappa shape index (κ2) is 9.88. The van der Waals surface area contributed by atoms with Gasteiger partial charge in [-0.3, -0.25) is 10.1 Å². The fourth-order valence-corrected chi connectivity index (χ4v) is 5.15. The predicted molar refractivity (Wildman–Crippen MR) is 131 cm³/mol. The Morgan fingerprint density at radius 3 is 2.86 bits per heavy atom. The maximum atomic E-state index is 15.1. The molecule has 13 heteroatoms. The van der Waals surface area contributed by atoms with Crippen molar-refractivity contribution in [2.24, 2.45) is 5.14 Å². The van der Waals surface area contributed by atoms with Gasteiger partial charge in [0.25, 0.3) is 5.91 Å². The molecular formula is C23H23ClFN5O5S. The molecule has 0 radical (unpaired) electrons. The fraction of sp³-hybridized carbons (Fsp3) is 0.261. The molecule has 36 heavy (non-hydrogen) atoms. The molecule has 2 aliphatic heterocycles. The van der Waals surface area contributed by atoms with Gasteiger partial charge in [0.15, 0.2) is 11.4 Å². The Bertz CT molecular complexity index is 1380. The quantitative estimate of drug-likeness (QED) is 0.329. The molecule has 10 nitrogen and oxygen atoms in total. The van der Waals surface area contributed by atoms with Crippen LogP contribution in [0.5, 0.6) is 0 Å². The largest absolute Gasteiger partial charge is 0.436 e. The Morgan fingerprint density at radius 1 is 1.36 bits per heavy atom. The zero-order valence-electron chi connectivity index (χ0n) is 18.9. The number of carbonyl (C=O) groups excluding carboxylic acids is 2. The Kier molecular flexibility index (Phi) is 7.03. The number of fused-ring (bicyclic) bond motifs is 2. The zero-order chi connectivity index (χ0) is 26.1. The number of sulfonamides is 1. The summed E-state index contributed by atoms with van der Waals surface area (Å²) < 4.78 is 43.7. The van der Waals surface area contributed by atoms with Crippen molar-refractivity contribution >= 4 is 45.5 Å². The summed E-state index contributed by atoms with van der Waals surface area (Å²) in [7, 11) is -3.86. The molecule has 0 aliphatic carbocycles. The van der Waals surface area contributed by atoms with Crippen molar-refractivity contribution in [1.82, 2.24) is 10.2 Å². The van der Waals surface area contributed by atoms with E-state index < -0.39 is 33.4 Å². The molecular weight excluding hydrogens is 513 g/mol. The van der Waals surface area contributed by atoms with Crippen molar-refractivity contribution in [1.29, 1.82) is 5.41 Å². The predicted octanol–water partition coefficient (Wildman–Crippen LogP) is 2.83. The summed E-state index contributed by atoms with van der Waals surface area (Å²) >= 11 is 5.99. The topological polar surface area (TPSA) is 155 Å². The highest BCUT2D eigenvalue weighted by Gasteiger charge is 2.48. The second-order valence-corrected chi connectivity index (χ2v) is 10.4. The number of nitrogens with zero attached hydrogens (tertiary/aromatic N) is 1. The number of hydrogen-bond acceptors (Lipinski definition) is 7. The van der Waals surface area contributed by atoms with Crippen LogP contribution in [0.2, 0.25) is 5.02 Å². The average Bonchev–Trinajstić information content (AvgIpc) is 2.83. The average molecular weight is 536 g/mol. The normalized spacial score (nSPS) is 19.8. The number of primary sulfonamides is 1. The molecule has 2 amide bonds. The molecule has 4 rings (SSSR count). The lowest BCUT2D eigenvalue weighted by molar-refractivity contribution is -0.134. The highest BCUT2D eigenvalue weighted by molar-refractivity contribution is 7.89. The first-order valence-corrected chi connectivity index (χ1v) is 12.8. The molecule has 1 spiro atoms. The Hall–Kier alpha value is -3.48. The minimum atomic E-state index is -3.86. The van der Waals surface area contributed by atoms with E-state index in [1.807, 2.05) is 0 Å².